The predicted molar refractivity (Wildman–Crippen MR) is 75.3 cm³/mol. The Kier molecular flexibility index (Phi) is 4.78. The molecule has 0 aromatic carbocycles. The minimum absolute atomic E-state index is 0.114. The van der Waals surface area contributed by atoms with Crippen LogP contribution in [-0.4, -0.2) is 32.5 Å². The lowest BCUT2D eigenvalue weighted by Crippen LogP contribution is -2.49. The fraction of sp³-hybridized carbons (Fsp3) is 0.714. The molecular formula is C14H23NO2S. The first-order chi connectivity index (χ1) is 8.73. The highest BCUT2D eigenvalue weighted by atomic mass is 32.1. The van der Waals surface area contributed by atoms with E-state index in [0.29, 0.717) is 0 Å². The summed E-state index contributed by atoms with van der Waals surface area (Å²) in [7, 11) is 2.03. The molecule has 0 radical (unpaired) electrons. The number of hydrogen-bond acceptors (Lipinski definition) is 4. The first kappa shape index (κ1) is 14.0. The van der Waals surface area contributed by atoms with Crippen molar-refractivity contribution in [2.24, 2.45) is 0 Å². The van der Waals surface area contributed by atoms with Gasteiger partial charge in [-0.1, -0.05) is 0 Å². The maximum absolute atomic E-state index is 6.17. The molecule has 0 spiro atoms. The molecule has 1 aliphatic rings. The van der Waals surface area contributed by atoms with Crippen molar-refractivity contribution in [1.29, 1.82) is 0 Å². The summed E-state index contributed by atoms with van der Waals surface area (Å²) in [6, 6.07) is 2.45. The summed E-state index contributed by atoms with van der Waals surface area (Å²) in [5, 5.41) is 5.63. The molecule has 0 aliphatic carbocycles. The summed E-state index contributed by atoms with van der Waals surface area (Å²) in [6.45, 7) is 6.59. The Morgan fingerprint density at radius 3 is 2.72 bits per heavy atom. The largest absolute Gasteiger partial charge is 0.381 e. The number of thiophene rings is 1. The molecule has 1 saturated heterocycles. The first-order valence-electron chi connectivity index (χ1n) is 6.66. The van der Waals surface area contributed by atoms with Crippen LogP contribution < -0.4 is 5.32 Å². The van der Waals surface area contributed by atoms with Gasteiger partial charge in [-0.15, -0.1) is 11.3 Å². The number of aryl methyl sites for hydroxylation is 1. The molecule has 0 amide bonds. The van der Waals surface area contributed by atoms with Gasteiger partial charge in [-0.05, 0) is 37.9 Å². The molecule has 0 saturated carbocycles. The van der Waals surface area contributed by atoms with E-state index in [0.717, 1.165) is 32.7 Å². The van der Waals surface area contributed by atoms with Crippen LogP contribution in [-0.2, 0) is 9.47 Å². The zero-order valence-corrected chi connectivity index (χ0v) is 12.3. The highest BCUT2D eigenvalue weighted by Crippen LogP contribution is 2.40. The van der Waals surface area contributed by atoms with Crippen LogP contribution >= 0.6 is 11.3 Å². The van der Waals surface area contributed by atoms with Crippen molar-refractivity contribution in [3.63, 3.8) is 0 Å². The fourth-order valence-corrected chi connectivity index (χ4v) is 3.98. The van der Waals surface area contributed by atoms with Crippen LogP contribution in [0.1, 0.15) is 36.2 Å². The van der Waals surface area contributed by atoms with E-state index in [2.05, 4.69) is 30.6 Å². The molecule has 1 N–H and O–H groups in total. The summed E-state index contributed by atoms with van der Waals surface area (Å²) >= 11 is 1.82. The molecule has 102 valence electrons. The molecule has 1 unspecified atom stereocenters. The Morgan fingerprint density at radius 2 is 2.22 bits per heavy atom. The van der Waals surface area contributed by atoms with Crippen molar-refractivity contribution >= 4 is 11.3 Å². The monoisotopic (exact) mass is 269 g/mol. The van der Waals surface area contributed by atoms with Crippen LogP contribution in [0, 0.1) is 6.92 Å². The lowest BCUT2D eigenvalue weighted by molar-refractivity contribution is -0.126. The zero-order chi connectivity index (χ0) is 13.0. The SMILES string of the molecule is CCOC1(C(NC)c2sccc2C)CCOCC1. The Bertz CT molecular complexity index is 366. The van der Waals surface area contributed by atoms with Gasteiger partial charge in [0.2, 0.25) is 0 Å². The lowest BCUT2D eigenvalue weighted by atomic mass is 9.84. The van der Waals surface area contributed by atoms with Gasteiger partial charge < -0.3 is 14.8 Å². The van der Waals surface area contributed by atoms with Crippen molar-refractivity contribution in [2.45, 2.75) is 38.3 Å². The molecule has 1 aliphatic heterocycles. The summed E-state index contributed by atoms with van der Waals surface area (Å²) in [4.78, 5) is 1.40. The highest BCUT2D eigenvalue weighted by Gasteiger charge is 2.42. The van der Waals surface area contributed by atoms with Gasteiger partial charge in [0.15, 0.2) is 0 Å². The molecule has 18 heavy (non-hydrogen) atoms. The lowest BCUT2D eigenvalue weighted by Gasteiger charge is -2.43. The molecule has 2 heterocycles. The van der Waals surface area contributed by atoms with Crippen LogP contribution in [0.3, 0.4) is 0 Å². The van der Waals surface area contributed by atoms with E-state index < -0.39 is 0 Å². The topological polar surface area (TPSA) is 30.5 Å². The summed E-state index contributed by atoms with van der Waals surface area (Å²) in [5.74, 6) is 0. The number of nitrogens with one attached hydrogen (secondary N) is 1. The third kappa shape index (κ3) is 2.62. The van der Waals surface area contributed by atoms with E-state index in [1.54, 1.807) is 0 Å². The Balaban J connectivity index is 2.29. The van der Waals surface area contributed by atoms with Crippen LogP contribution in [0.4, 0.5) is 0 Å². The smallest absolute Gasteiger partial charge is 0.0927 e. The second-order valence-corrected chi connectivity index (χ2v) is 5.75. The molecule has 0 bridgehead atoms. The van der Waals surface area contributed by atoms with E-state index in [-0.39, 0.29) is 11.6 Å². The van der Waals surface area contributed by atoms with Crippen LogP contribution in [0.2, 0.25) is 0 Å². The van der Waals surface area contributed by atoms with Gasteiger partial charge in [-0.25, -0.2) is 0 Å². The molecule has 4 heteroatoms. The second-order valence-electron chi connectivity index (χ2n) is 4.80. The predicted octanol–water partition coefficient (Wildman–Crippen LogP) is 2.90. The molecular weight excluding hydrogens is 246 g/mol. The zero-order valence-electron chi connectivity index (χ0n) is 11.5. The van der Waals surface area contributed by atoms with Crippen molar-refractivity contribution in [1.82, 2.24) is 5.32 Å². The third-order valence-corrected chi connectivity index (χ3v) is 4.83. The van der Waals surface area contributed by atoms with Gasteiger partial charge in [0.05, 0.1) is 11.6 Å². The van der Waals surface area contributed by atoms with Crippen molar-refractivity contribution < 1.29 is 9.47 Å². The molecule has 2 rings (SSSR count). The van der Waals surface area contributed by atoms with E-state index in [1.165, 1.54) is 10.4 Å². The number of likely N-dealkylation sites (N-methyl/N-ethyl adjacent to an activating group) is 1. The molecule has 1 atom stereocenters. The Morgan fingerprint density at radius 1 is 1.50 bits per heavy atom. The minimum Gasteiger partial charge on any atom is -0.381 e. The number of rotatable bonds is 5. The summed E-state index contributed by atoms with van der Waals surface area (Å²) in [6.07, 6.45) is 1.92. The maximum Gasteiger partial charge on any atom is 0.0927 e. The Labute approximate surface area is 113 Å². The van der Waals surface area contributed by atoms with E-state index in [9.17, 15) is 0 Å². The van der Waals surface area contributed by atoms with E-state index >= 15 is 0 Å². The van der Waals surface area contributed by atoms with Gasteiger partial charge in [0, 0.05) is 37.5 Å². The van der Waals surface area contributed by atoms with Crippen molar-refractivity contribution in [3.8, 4) is 0 Å². The second kappa shape index (κ2) is 6.15. The summed E-state index contributed by atoms with van der Waals surface area (Å²) in [5.41, 5.74) is 1.24. The van der Waals surface area contributed by atoms with Gasteiger partial charge in [0.25, 0.3) is 0 Å². The van der Waals surface area contributed by atoms with E-state index in [4.69, 9.17) is 9.47 Å². The highest BCUT2D eigenvalue weighted by molar-refractivity contribution is 7.10. The molecule has 3 nitrogen and oxygen atoms in total. The normalized spacial score (nSPS) is 20.8. The third-order valence-electron chi connectivity index (χ3n) is 3.75. The number of hydrogen-bond donors (Lipinski definition) is 1. The van der Waals surface area contributed by atoms with Gasteiger partial charge in [-0.3, -0.25) is 0 Å². The van der Waals surface area contributed by atoms with Crippen LogP contribution in [0.25, 0.3) is 0 Å². The Hall–Kier alpha value is -0.420. The molecule has 1 aromatic heterocycles. The van der Waals surface area contributed by atoms with Gasteiger partial charge in [-0.2, -0.15) is 0 Å². The van der Waals surface area contributed by atoms with Crippen LogP contribution in [0.15, 0.2) is 11.4 Å². The quantitative estimate of drug-likeness (QED) is 0.891. The van der Waals surface area contributed by atoms with Crippen LogP contribution in [0.5, 0.6) is 0 Å². The first-order valence-corrected chi connectivity index (χ1v) is 7.54. The van der Waals surface area contributed by atoms with E-state index in [1.807, 2.05) is 18.4 Å². The average molecular weight is 269 g/mol. The standard InChI is InChI=1S/C14H23NO2S/c1-4-17-14(6-8-16-9-7-14)13(15-3)12-11(2)5-10-18-12/h5,10,13,15H,4,6-9H2,1-3H3. The van der Waals surface area contributed by atoms with Gasteiger partial charge in [0.1, 0.15) is 0 Å². The van der Waals surface area contributed by atoms with Gasteiger partial charge >= 0.3 is 0 Å². The molecule has 1 fully saturated rings. The van der Waals surface area contributed by atoms with Crippen molar-refractivity contribution in [3.05, 3.63) is 21.9 Å². The number of ether oxygens (including phenoxy) is 2. The fourth-order valence-electron chi connectivity index (χ4n) is 2.83. The summed E-state index contributed by atoms with van der Waals surface area (Å²) < 4.78 is 11.7. The minimum atomic E-state index is -0.114. The average Bonchev–Trinajstić information content (AvgIpc) is 2.78. The van der Waals surface area contributed by atoms with Crippen molar-refractivity contribution in [2.75, 3.05) is 26.9 Å². The maximum atomic E-state index is 6.17. The molecule has 1 aromatic rings.